The number of hydrogen-bond acceptors (Lipinski definition) is 3. The van der Waals surface area contributed by atoms with E-state index in [9.17, 15) is 14.3 Å². The minimum absolute atomic E-state index is 0.0289. The molecule has 0 radical (unpaired) electrons. The van der Waals surface area contributed by atoms with Gasteiger partial charge in [0, 0.05) is 11.6 Å². The van der Waals surface area contributed by atoms with Gasteiger partial charge in [0.1, 0.15) is 17.6 Å². The molecule has 0 amide bonds. The molecule has 5 heteroatoms. The molecule has 88 valence electrons. The number of rotatable bonds is 4. The summed E-state index contributed by atoms with van der Waals surface area (Å²) in [7, 11) is 0. The van der Waals surface area contributed by atoms with Crippen LogP contribution in [0.5, 0.6) is 5.75 Å². The Hall–Kier alpha value is -1.62. The molecule has 0 saturated heterocycles. The Morgan fingerprint density at radius 2 is 2.06 bits per heavy atom. The smallest absolute Gasteiger partial charge is 0.325 e. The Labute approximate surface area is 92.7 Å². The highest BCUT2D eigenvalue weighted by Gasteiger charge is 2.23. The molecule has 1 aromatic carbocycles. The fraction of sp³-hybridized carbons (Fsp3) is 0.364. The third kappa shape index (κ3) is 2.93. The topological polar surface area (TPSA) is 69.6 Å². The monoisotopic (exact) mass is 227 g/mol. The second kappa shape index (κ2) is 4.94. The highest BCUT2D eigenvalue weighted by atomic mass is 19.1. The minimum Gasteiger partial charge on any atom is -0.508 e. The Morgan fingerprint density at radius 3 is 2.56 bits per heavy atom. The summed E-state index contributed by atoms with van der Waals surface area (Å²) < 4.78 is 13.0. The first-order valence-corrected chi connectivity index (χ1v) is 4.89. The maximum Gasteiger partial charge on any atom is 0.325 e. The summed E-state index contributed by atoms with van der Waals surface area (Å²) in [4.78, 5) is 11.0. The van der Waals surface area contributed by atoms with Crippen LogP contribution in [0.3, 0.4) is 0 Å². The summed E-state index contributed by atoms with van der Waals surface area (Å²) in [5.74, 6) is -1.97. The van der Waals surface area contributed by atoms with Gasteiger partial charge in [-0.3, -0.25) is 10.1 Å². The highest BCUT2D eigenvalue weighted by molar-refractivity contribution is 5.76. The van der Waals surface area contributed by atoms with Gasteiger partial charge in [0.2, 0.25) is 0 Å². The molecule has 0 bridgehead atoms. The molecule has 1 rings (SSSR count). The predicted octanol–water partition coefficient (Wildman–Crippen LogP) is 1.65. The number of aromatic hydroxyl groups is 1. The first-order chi connectivity index (χ1) is 7.41. The third-order valence-electron chi connectivity index (χ3n) is 2.05. The molecule has 3 N–H and O–H groups in total. The van der Waals surface area contributed by atoms with Crippen LogP contribution in [-0.4, -0.2) is 22.2 Å². The van der Waals surface area contributed by atoms with E-state index in [2.05, 4.69) is 5.32 Å². The van der Waals surface area contributed by atoms with Crippen molar-refractivity contribution in [2.75, 3.05) is 0 Å². The Morgan fingerprint density at radius 1 is 1.44 bits per heavy atom. The van der Waals surface area contributed by atoms with Gasteiger partial charge in [-0.05, 0) is 32.0 Å². The van der Waals surface area contributed by atoms with E-state index in [-0.39, 0.29) is 17.4 Å². The fourth-order valence-corrected chi connectivity index (χ4v) is 1.38. The minimum atomic E-state index is -1.16. The maximum absolute atomic E-state index is 13.0. The van der Waals surface area contributed by atoms with E-state index < -0.39 is 17.8 Å². The molecule has 0 fully saturated rings. The molecule has 0 aliphatic carbocycles. The van der Waals surface area contributed by atoms with Crippen LogP contribution in [0, 0.1) is 5.82 Å². The first kappa shape index (κ1) is 12.4. The lowest BCUT2D eigenvalue weighted by Crippen LogP contribution is -2.33. The largest absolute Gasteiger partial charge is 0.508 e. The normalized spacial score (nSPS) is 12.8. The van der Waals surface area contributed by atoms with Crippen LogP contribution in [0.15, 0.2) is 18.2 Å². The summed E-state index contributed by atoms with van der Waals surface area (Å²) in [5.41, 5.74) is 0.0289. The SMILES string of the molecule is CC(C)NC(C(=O)O)c1cc(F)ccc1O. The van der Waals surface area contributed by atoms with E-state index in [4.69, 9.17) is 5.11 Å². The van der Waals surface area contributed by atoms with Crippen molar-refractivity contribution in [1.29, 1.82) is 0 Å². The van der Waals surface area contributed by atoms with Crippen LogP contribution >= 0.6 is 0 Å². The van der Waals surface area contributed by atoms with Gasteiger partial charge in [-0.1, -0.05) is 0 Å². The van der Waals surface area contributed by atoms with E-state index in [1.165, 1.54) is 0 Å². The summed E-state index contributed by atoms with van der Waals surface area (Å²) >= 11 is 0. The van der Waals surface area contributed by atoms with Crippen molar-refractivity contribution < 1.29 is 19.4 Å². The molecule has 0 spiro atoms. The summed E-state index contributed by atoms with van der Waals surface area (Å²) in [5, 5.41) is 21.2. The fourth-order valence-electron chi connectivity index (χ4n) is 1.38. The number of phenolic OH excluding ortho intramolecular Hbond substituents is 1. The van der Waals surface area contributed by atoms with Crippen LogP contribution in [0.1, 0.15) is 25.5 Å². The summed E-state index contributed by atoms with van der Waals surface area (Å²) in [6.07, 6.45) is 0. The van der Waals surface area contributed by atoms with Crippen molar-refractivity contribution in [2.24, 2.45) is 0 Å². The van der Waals surface area contributed by atoms with Gasteiger partial charge in [0.25, 0.3) is 0 Å². The number of benzene rings is 1. The van der Waals surface area contributed by atoms with Gasteiger partial charge < -0.3 is 10.2 Å². The molecule has 0 saturated carbocycles. The maximum atomic E-state index is 13.0. The van der Waals surface area contributed by atoms with Crippen molar-refractivity contribution in [1.82, 2.24) is 5.32 Å². The summed E-state index contributed by atoms with van der Waals surface area (Å²) in [6.45, 7) is 3.54. The second-order valence-corrected chi connectivity index (χ2v) is 3.80. The second-order valence-electron chi connectivity index (χ2n) is 3.80. The number of nitrogens with one attached hydrogen (secondary N) is 1. The van der Waals surface area contributed by atoms with Gasteiger partial charge in [-0.2, -0.15) is 0 Å². The number of halogens is 1. The lowest BCUT2D eigenvalue weighted by molar-refractivity contribution is -0.139. The average Bonchev–Trinajstić information content (AvgIpc) is 2.18. The molecule has 1 aromatic rings. The molecule has 0 heterocycles. The standard InChI is InChI=1S/C11H14FNO3/c1-6(2)13-10(11(15)16)8-5-7(12)3-4-9(8)14/h3-6,10,13-14H,1-2H3,(H,15,16). The number of carboxylic acid groups (broad SMARTS) is 1. The van der Waals surface area contributed by atoms with E-state index in [1.807, 2.05) is 0 Å². The zero-order valence-corrected chi connectivity index (χ0v) is 9.07. The third-order valence-corrected chi connectivity index (χ3v) is 2.05. The molecule has 1 atom stereocenters. The number of carbonyl (C=O) groups is 1. The number of phenols is 1. The number of aliphatic carboxylic acids is 1. The van der Waals surface area contributed by atoms with E-state index in [1.54, 1.807) is 13.8 Å². The highest BCUT2D eigenvalue weighted by Crippen LogP contribution is 2.25. The Bertz CT molecular complexity index is 393. The van der Waals surface area contributed by atoms with Crippen LogP contribution in [0.2, 0.25) is 0 Å². The Balaban J connectivity index is 3.10. The van der Waals surface area contributed by atoms with E-state index >= 15 is 0 Å². The van der Waals surface area contributed by atoms with Crippen molar-refractivity contribution in [2.45, 2.75) is 25.9 Å². The first-order valence-electron chi connectivity index (χ1n) is 4.89. The molecule has 16 heavy (non-hydrogen) atoms. The van der Waals surface area contributed by atoms with Crippen LogP contribution in [0.25, 0.3) is 0 Å². The molecule has 0 aliphatic heterocycles. The van der Waals surface area contributed by atoms with E-state index in [0.29, 0.717) is 0 Å². The van der Waals surface area contributed by atoms with Crippen LogP contribution in [0.4, 0.5) is 4.39 Å². The lowest BCUT2D eigenvalue weighted by atomic mass is 10.0. The van der Waals surface area contributed by atoms with Crippen molar-refractivity contribution >= 4 is 5.97 Å². The van der Waals surface area contributed by atoms with Gasteiger partial charge in [-0.25, -0.2) is 4.39 Å². The zero-order chi connectivity index (χ0) is 12.3. The number of carboxylic acids is 1. The predicted molar refractivity (Wildman–Crippen MR) is 56.7 cm³/mol. The van der Waals surface area contributed by atoms with Crippen molar-refractivity contribution in [3.8, 4) is 5.75 Å². The molecule has 0 aliphatic rings. The molecular weight excluding hydrogens is 213 g/mol. The van der Waals surface area contributed by atoms with E-state index in [0.717, 1.165) is 18.2 Å². The molecular formula is C11H14FNO3. The van der Waals surface area contributed by atoms with Crippen molar-refractivity contribution in [3.63, 3.8) is 0 Å². The molecule has 1 unspecified atom stereocenters. The van der Waals surface area contributed by atoms with Crippen LogP contribution in [-0.2, 0) is 4.79 Å². The zero-order valence-electron chi connectivity index (χ0n) is 9.07. The Kier molecular flexibility index (Phi) is 3.84. The van der Waals surface area contributed by atoms with Gasteiger partial charge in [0.05, 0.1) is 0 Å². The number of hydrogen-bond donors (Lipinski definition) is 3. The lowest BCUT2D eigenvalue weighted by Gasteiger charge is -2.18. The summed E-state index contributed by atoms with van der Waals surface area (Å²) in [6, 6.07) is 2.03. The van der Waals surface area contributed by atoms with Crippen LogP contribution < -0.4 is 5.32 Å². The molecule has 4 nitrogen and oxygen atoms in total. The molecule has 0 aromatic heterocycles. The average molecular weight is 227 g/mol. The quantitative estimate of drug-likeness (QED) is 0.731. The van der Waals surface area contributed by atoms with Gasteiger partial charge in [0.15, 0.2) is 0 Å². The van der Waals surface area contributed by atoms with Crippen molar-refractivity contribution in [3.05, 3.63) is 29.6 Å². The van der Waals surface area contributed by atoms with Gasteiger partial charge in [-0.15, -0.1) is 0 Å². The van der Waals surface area contributed by atoms with Gasteiger partial charge >= 0.3 is 5.97 Å².